The Labute approximate surface area is 191 Å². The Bertz CT molecular complexity index is 1000. The molecule has 0 spiro atoms. The summed E-state index contributed by atoms with van der Waals surface area (Å²) >= 11 is 0. The van der Waals surface area contributed by atoms with Gasteiger partial charge in [0.1, 0.15) is 0 Å². The average Bonchev–Trinajstić information content (AvgIpc) is 2.79. The molecule has 1 fully saturated rings. The van der Waals surface area contributed by atoms with Crippen LogP contribution in [0.3, 0.4) is 0 Å². The Morgan fingerprint density at radius 2 is 1.69 bits per heavy atom. The van der Waals surface area contributed by atoms with E-state index in [1.54, 1.807) is 42.3 Å². The number of hydrogen-bond donors (Lipinski definition) is 0. The highest BCUT2D eigenvalue weighted by Gasteiger charge is 2.29. The fourth-order valence-electron chi connectivity index (χ4n) is 3.55. The number of carbonyl (C=O) groups is 1. The van der Waals surface area contributed by atoms with Crippen molar-refractivity contribution in [3.8, 4) is 11.5 Å². The highest BCUT2D eigenvalue weighted by Crippen LogP contribution is 2.29. The van der Waals surface area contributed by atoms with Gasteiger partial charge in [0, 0.05) is 31.7 Å². The van der Waals surface area contributed by atoms with Crippen LogP contribution >= 0.6 is 0 Å². The topological polar surface area (TPSA) is 76.2 Å². The van der Waals surface area contributed by atoms with E-state index in [1.807, 2.05) is 18.2 Å². The molecule has 0 radical (unpaired) electrons. The lowest BCUT2D eigenvalue weighted by atomic mass is 10.1. The summed E-state index contributed by atoms with van der Waals surface area (Å²) < 4.78 is 38.2. The zero-order valence-corrected chi connectivity index (χ0v) is 19.8. The number of hydrogen-bond acceptors (Lipinski definition) is 5. The molecule has 0 aliphatic carbocycles. The fourth-order valence-corrected chi connectivity index (χ4v) is 5.07. The van der Waals surface area contributed by atoms with Crippen molar-refractivity contribution in [3.63, 3.8) is 0 Å². The number of carbonyl (C=O) groups excluding carboxylic acids is 1. The van der Waals surface area contributed by atoms with Crippen LogP contribution in [0.15, 0.2) is 48.5 Å². The highest BCUT2D eigenvalue weighted by molar-refractivity contribution is 7.88. The SMILES string of the molecule is COc1cc(C(=O)N2CCN(S(=O)(=O)Cc3ccccc3)CC2)ccc1OCCC(C)C. The molecule has 1 saturated heterocycles. The van der Waals surface area contributed by atoms with Crippen LogP contribution in [0.2, 0.25) is 0 Å². The maximum absolute atomic E-state index is 13.0. The van der Waals surface area contributed by atoms with E-state index in [1.165, 1.54) is 4.31 Å². The molecule has 174 valence electrons. The van der Waals surface area contributed by atoms with Crippen LogP contribution < -0.4 is 9.47 Å². The highest BCUT2D eigenvalue weighted by atomic mass is 32.2. The molecule has 32 heavy (non-hydrogen) atoms. The third-order valence-electron chi connectivity index (χ3n) is 5.47. The van der Waals surface area contributed by atoms with E-state index in [9.17, 15) is 13.2 Å². The fraction of sp³-hybridized carbons (Fsp3) is 0.458. The summed E-state index contributed by atoms with van der Waals surface area (Å²) in [6, 6.07) is 14.3. The minimum Gasteiger partial charge on any atom is -0.493 e. The van der Waals surface area contributed by atoms with Crippen molar-refractivity contribution in [2.24, 2.45) is 5.92 Å². The number of benzene rings is 2. The van der Waals surface area contributed by atoms with Gasteiger partial charge in [-0.2, -0.15) is 4.31 Å². The number of amides is 1. The van der Waals surface area contributed by atoms with Crippen molar-refractivity contribution in [2.45, 2.75) is 26.0 Å². The molecular formula is C24H32N2O5S. The molecule has 0 saturated carbocycles. The lowest BCUT2D eigenvalue weighted by molar-refractivity contribution is 0.0697. The number of rotatable bonds is 9. The first kappa shape index (κ1) is 24.1. The molecule has 3 rings (SSSR count). The van der Waals surface area contributed by atoms with Crippen LogP contribution in [-0.2, 0) is 15.8 Å². The van der Waals surface area contributed by atoms with Gasteiger partial charge in [-0.15, -0.1) is 0 Å². The smallest absolute Gasteiger partial charge is 0.254 e. The Morgan fingerprint density at radius 1 is 1.00 bits per heavy atom. The van der Waals surface area contributed by atoms with Gasteiger partial charge in [-0.1, -0.05) is 44.2 Å². The molecule has 1 amide bonds. The third-order valence-corrected chi connectivity index (χ3v) is 7.32. The number of nitrogens with zero attached hydrogens (tertiary/aromatic N) is 2. The van der Waals surface area contributed by atoms with Crippen molar-refractivity contribution in [1.29, 1.82) is 0 Å². The summed E-state index contributed by atoms with van der Waals surface area (Å²) in [5, 5.41) is 0. The van der Waals surface area contributed by atoms with Crippen LogP contribution in [0.5, 0.6) is 11.5 Å². The van der Waals surface area contributed by atoms with E-state index >= 15 is 0 Å². The minimum atomic E-state index is -3.42. The second-order valence-electron chi connectivity index (χ2n) is 8.33. The summed E-state index contributed by atoms with van der Waals surface area (Å²) in [5.41, 5.74) is 1.26. The summed E-state index contributed by atoms with van der Waals surface area (Å²) in [6.45, 7) is 6.12. The van der Waals surface area contributed by atoms with Gasteiger partial charge in [0.05, 0.1) is 19.5 Å². The third kappa shape index (κ3) is 6.23. The molecule has 0 bridgehead atoms. The van der Waals surface area contributed by atoms with Gasteiger partial charge < -0.3 is 14.4 Å². The second kappa shape index (κ2) is 10.8. The van der Waals surface area contributed by atoms with Gasteiger partial charge in [0.2, 0.25) is 10.0 Å². The zero-order chi connectivity index (χ0) is 23.1. The van der Waals surface area contributed by atoms with Gasteiger partial charge >= 0.3 is 0 Å². The first-order chi connectivity index (χ1) is 15.3. The van der Waals surface area contributed by atoms with E-state index < -0.39 is 10.0 Å². The average molecular weight is 461 g/mol. The lowest BCUT2D eigenvalue weighted by Crippen LogP contribution is -2.50. The maximum Gasteiger partial charge on any atom is 0.254 e. The molecular weight excluding hydrogens is 428 g/mol. The minimum absolute atomic E-state index is 0.0305. The van der Waals surface area contributed by atoms with Crippen LogP contribution in [0.4, 0.5) is 0 Å². The monoisotopic (exact) mass is 460 g/mol. The number of sulfonamides is 1. The van der Waals surface area contributed by atoms with Crippen molar-refractivity contribution >= 4 is 15.9 Å². The molecule has 8 heteroatoms. The summed E-state index contributed by atoms with van der Waals surface area (Å²) in [6.07, 6.45) is 0.932. The Morgan fingerprint density at radius 3 is 2.31 bits per heavy atom. The van der Waals surface area contributed by atoms with Gasteiger partial charge in [0.25, 0.3) is 5.91 Å². The Kier molecular flexibility index (Phi) is 8.15. The van der Waals surface area contributed by atoms with Crippen molar-refractivity contribution in [3.05, 3.63) is 59.7 Å². The van der Waals surface area contributed by atoms with Crippen LogP contribution in [0.1, 0.15) is 36.2 Å². The predicted octanol–water partition coefficient (Wildman–Crippen LogP) is 3.41. The molecule has 0 N–H and O–H groups in total. The van der Waals surface area contributed by atoms with Gasteiger partial charge in [0.15, 0.2) is 11.5 Å². The molecule has 2 aromatic carbocycles. The molecule has 1 aliphatic heterocycles. The molecule has 1 aliphatic rings. The molecule has 2 aromatic rings. The van der Waals surface area contributed by atoms with Gasteiger partial charge in [-0.3, -0.25) is 4.79 Å². The van der Waals surface area contributed by atoms with Crippen LogP contribution in [0.25, 0.3) is 0 Å². The molecule has 7 nitrogen and oxygen atoms in total. The van der Waals surface area contributed by atoms with Crippen molar-refractivity contribution < 1.29 is 22.7 Å². The van der Waals surface area contributed by atoms with E-state index in [0.29, 0.717) is 42.7 Å². The van der Waals surface area contributed by atoms with Gasteiger partial charge in [-0.05, 0) is 36.1 Å². The Hall–Kier alpha value is -2.58. The summed E-state index contributed by atoms with van der Waals surface area (Å²) in [5.74, 6) is 1.50. The van der Waals surface area contributed by atoms with Crippen molar-refractivity contribution in [1.82, 2.24) is 9.21 Å². The van der Waals surface area contributed by atoms with E-state index in [-0.39, 0.29) is 24.7 Å². The van der Waals surface area contributed by atoms with E-state index in [0.717, 1.165) is 12.0 Å². The number of piperazine rings is 1. The van der Waals surface area contributed by atoms with E-state index in [2.05, 4.69) is 13.8 Å². The standard InChI is InChI=1S/C24H32N2O5S/c1-19(2)11-16-31-22-10-9-21(17-23(22)30-3)24(27)25-12-14-26(15-13-25)32(28,29)18-20-7-5-4-6-8-20/h4-10,17,19H,11-16,18H2,1-3H3. The van der Waals surface area contributed by atoms with Crippen LogP contribution in [0, 0.1) is 5.92 Å². The van der Waals surface area contributed by atoms with Crippen LogP contribution in [-0.4, -0.2) is 63.4 Å². The van der Waals surface area contributed by atoms with E-state index in [4.69, 9.17) is 9.47 Å². The predicted molar refractivity (Wildman–Crippen MR) is 124 cm³/mol. The molecule has 0 unspecified atom stereocenters. The number of methoxy groups -OCH3 is 1. The van der Waals surface area contributed by atoms with Crippen molar-refractivity contribution in [2.75, 3.05) is 39.9 Å². The Balaban J connectivity index is 1.60. The lowest BCUT2D eigenvalue weighted by Gasteiger charge is -2.34. The normalized spacial score (nSPS) is 15.1. The summed E-state index contributed by atoms with van der Waals surface area (Å²) in [7, 11) is -1.87. The first-order valence-corrected chi connectivity index (χ1v) is 12.5. The zero-order valence-electron chi connectivity index (χ0n) is 19.0. The van der Waals surface area contributed by atoms with Gasteiger partial charge in [-0.25, -0.2) is 8.42 Å². The molecule has 1 heterocycles. The second-order valence-corrected chi connectivity index (χ2v) is 10.3. The number of ether oxygens (including phenoxy) is 2. The first-order valence-electron chi connectivity index (χ1n) is 10.9. The molecule has 0 atom stereocenters. The summed E-state index contributed by atoms with van der Waals surface area (Å²) in [4.78, 5) is 14.7. The quantitative estimate of drug-likeness (QED) is 0.573. The largest absolute Gasteiger partial charge is 0.493 e. The molecule has 0 aromatic heterocycles. The maximum atomic E-state index is 13.0.